The monoisotopic (exact) mass is 468 g/mol. The number of carbonyl (C=O) groups excluding carboxylic acids is 1. The van der Waals surface area contributed by atoms with Gasteiger partial charge in [-0.1, -0.05) is 11.3 Å². The third kappa shape index (κ3) is 4.02. The minimum atomic E-state index is -3.77. The number of esters is 1. The average molecular weight is 469 g/mol. The Hall–Kier alpha value is -2.21. The second-order valence-corrected chi connectivity index (χ2v) is 10.5. The molecule has 1 saturated heterocycles. The van der Waals surface area contributed by atoms with E-state index in [9.17, 15) is 13.2 Å². The Kier molecular flexibility index (Phi) is 5.96. The van der Waals surface area contributed by atoms with Crippen LogP contribution in [0.4, 0.5) is 0 Å². The topological polar surface area (TPSA) is 95.0 Å². The number of benzene rings is 1. The number of thiophene rings is 1. The molecule has 3 heterocycles. The summed E-state index contributed by atoms with van der Waals surface area (Å²) in [5, 5.41) is 2.14. The summed E-state index contributed by atoms with van der Waals surface area (Å²) in [6, 6.07) is 7.09. The van der Waals surface area contributed by atoms with Crippen LogP contribution in [-0.4, -0.2) is 57.1 Å². The first-order chi connectivity index (χ1) is 14.4. The normalized spacial score (nSPS) is 15.9. The lowest BCUT2D eigenvalue weighted by Gasteiger charge is -2.30. The molecule has 0 spiro atoms. The van der Waals surface area contributed by atoms with Gasteiger partial charge >= 0.3 is 5.97 Å². The number of ether oxygens (including phenoxy) is 3. The van der Waals surface area contributed by atoms with E-state index in [0.717, 1.165) is 27.3 Å². The van der Waals surface area contributed by atoms with E-state index in [2.05, 4.69) is 4.98 Å². The van der Waals surface area contributed by atoms with Crippen LogP contribution in [0.25, 0.3) is 10.2 Å². The van der Waals surface area contributed by atoms with E-state index in [-0.39, 0.29) is 15.9 Å². The molecule has 0 bridgehead atoms. The molecular formula is C19H20N2O6S3. The number of hydrogen-bond acceptors (Lipinski definition) is 9. The van der Waals surface area contributed by atoms with E-state index < -0.39 is 16.0 Å². The van der Waals surface area contributed by atoms with Gasteiger partial charge in [0.05, 0.1) is 24.4 Å². The number of methoxy groups -OCH3 is 2. The fraction of sp³-hybridized carbons (Fsp3) is 0.368. The van der Waals surface area contributed by atoms with Crippen LogP contribution in [0, 0.1) is 0 Å². The smallest absolute Gasteiger partial charge is 0.349 e. The highest BCUT2D eigenvalue weighted by Gasteiger charge is 2.34. The van der Waals surface area contributed by atoms with E-state index in [4.69, 9.17) is 14.2 Å². The van der Waals surface area contributed by atoms with Crippen LogP contribution in [0.15, 0.2) is 34.5 Å². The Morgan fingerprint density at radius 2 is 1.97 bits per heavy atom. The van der Waals surface area contributed by atoms with Crippen molar-refractivity contribution in [3.63, 3.8) is 0 Å². The molecule has 0 unspecified atom stereocenters. The summed E-state index contributed by atoms with van der Waals surface area (Å²) in [6.45, 7) is 0.615. The molecule has 1 aliphatic heterocycles. The number of sulfonamides is 1. The number of piperidine rings is 1. The van der Waals surface area contributed by atoms with Gasteiger partial charge in [0.1, 0.15) is 21.6 Å². The highest BCUT2D eigenvalue weighted by molar-refractivity contribution is 7.89. The first kappa shape index (κ1) is 21.0. The molecule has 1 aromatic carbocycles. The zero-order chi connectivity index (χ0) is 21.3. The third-order valence-corrected chi connectivity index (χ3v) is 8.74. The Morgan fingerprint density at radius 1 is 1.20 bits per heavy atom. The van der Waals surface area contributed by atoms with Crippen LogP contribution in [0.5, 0.6) is 10.9 Å². The van der Waals surface area contributed by atoms with Gasteiger partial charge < -0.3 is 14.2 Å². The van der Waals surface area contributed by atoms with Gasteiger partial charge in [0.25, 0.3) is 5.19 Å². The first-order valence-corrected chi connectivity index (χ1v) is 12.3. The predicted octanol–water partition coefficient (Wildman–Crippen LogP) is 3.39. The van der Waals surface area contributed by atoms with Gasteiger partial charge in [-0.15, -0.1) is 11.3 Å². The maximum Gasteiger partial charge on any atom is 0.349 e. The van der Waals surface area contributed by atoms with Crippen molar-refractivity contribution in [2.24, 2.45) is 0 Å². The molecule has 8 nitrogen and oxygen atoms in total. The minimum absolute atomic E-state index is 0.00108. The van der Waals surface area contributed by atoms with Crippen molar-refractivity contribution in [2.75, 3.05) is 27.3 Å². The number of nitrogens with zero attached hydrogens (tertiary/aromatic N) is 2. The molecule has 0 N–H and O–H groups in total. The van der Waals surface area contributed by atoms with Crippen LogP contribution < -0.4 is 9.47 Å². The molecule has 11 heteroatoms. The van der Waals surface area contributed by atoms with Crippen molar-refractivity contribution in [2.45, 2.75) is 23.8 Å². The molecule has 4 rings (SSSR count). The highest BCUT2D eigenvalue weighted by Crippen LogP contribution is 2.33. The van der Waals surface area contributed by atoms with Crippen LogP contribution >= 0.6 is 22.7 Å². The summed E-state index contributed by atoms with van der Waals surface area (Å²) in [5.41, 5.74) is 0.837. The minimum Gasteiger partial charge on any atom is -0.497 e. The molecule has 3 aromatic rings. The Balaban J connectivity index is 1.42. The van der Waals surface area contributed by atoms with Crippen LogP contribution in [-0.2, 0) is 14.8 Å². The highest BCUT2D eigenvalue weighted by atomic mass is 32.2. The zero-order valence-corrected chi connectivity index (χ0v) is 18.8. The molecule has 0 radical (unpaired) electrons. The van der Waals surface area contributed by atoms with Gasteiger partial charge in [-0.05, 0) is 42.5 Å². The maximum atomic E-state index is 13.0. The van der Waals surface area contributed by atoms with E-state index in [1.165, 1.54) is 28.8 Å². The van der Waals surface area contributed by atoms with Gasteiger partial charge in [0.2, 0.25) is 10.0 Å². The lowest BCUT2D eigenvalue weighted by molar-refractivity contribution is 0.0602. The van der Waals surface area contributed by atoms with Crippen molar-refractivity contribution in [3.8, 4) is 10.9 Å². The van der Waals surface area contributed by atoms with Gasteiger partial charge in [0, 0.05) is 13.1 Å². The van der Waals surface area contributed by atoms with Gasteiger partial charge in [-0.2, -0.15) is 4.31 Å². The lowest BCUT2D eigenvalue weighted by Crippen LogP contribution is -2.41. The van der Waals surface area contributed by atoms with Gasteiger partial charge in [-0.3, -0.25) is 0 Å². The number of thiazole rings is 1. The van der Waals surface area contributed by atoms with Crippen molar-refractivity contribution >= 4 is 48.9 Å². The SMILES string of the molecule is COC(=O)c1sccc1S(=O)(=O)N1CCC(Oc2nc3ccc(OC)cc3s2)CC1. The summed E-state index contributed by atoms with van der Waals surface area (Å²) >= 11 is 2.50. The van der Waals surface area contributed by atoms with E-state index in [1.807, 2.05) is 18.2 Å². The standard InChI is InChI=1S/C19H20N2O6S3/c1-25-13-3-4-14-15(11-13)29-19(20-14)27-12-5-8-21(9-6-12)30(23,24)16-7-10-28-17(16)18(22)26-2/h3-4,7,10-12H,5-6,8-9H2,1-2H3. The molecule has 2 aromatic heterocycles. The first-order valence-electron chi connectivity index (χ1n) is 9.19. The van der Waals surface area contributed by atoms with E-state index in [0.29, 0.717) is 31.1 Å². The molecule has 0 amide bonds. The molecular weight excluding hydrogens is 448 g/mol. The third-order valence-electron chi connectivity index (χ3n) is 4.86. The number of fused-ring (bicyclic) bond motifs is 1. The predicted molar refractivity (Wildman–Crippen MR) is 114 cm³/mol. The molecule has 0 saturated carbocycles. The van der Waals surface area contributed by atoms with Crippen LogP contribution in [0.3, 0.4) is 0 Å². The van der Waals surface area contributed by atoms with E-state index in [1.54, 1.807) is 12.5 Å². The van der Waals surface area contributed by atoms with Crippen molar-refractivity contribution in [3.05, 3.63) is 34.5 Å². The van der Waals surface area contributed by atoms with Crippen molar-refractivity contribution in [1.29, 1.82) is 0 Å². The number of aromatic nitrogens is 1. The quantitative estimate of drug-likeness (QED) is 0.512. The van der Waals surface area contributed by atoms with E-state index >= 15 is 0 Å². The van der Waals surface area contributed by atoms with Crippen molar-refractivity contribution < 1.29 is 27.4 Å². The Morgan fingerprint density at radius 3 is 2.67 bits per heavy atom. The summed E-state index contributed by atoms with van der Waals surface area (Å²) in [5.74, 6) is 0.116. The molecule has 30 heavy (non-hydrogen) atoms. The summed E-state index contributed by atoms with van der Waals surface area (Å²) in [6.07, 6.45) is 0.952. The maximum absolute atomic E-state index is 13.0. The lowest BCUT2D eigenvalue weighted by atomic mass is 10.1. The second kappa shape index (κ2) is 8.50. The molecule has 0 aliphatic carbocycles. The zero-order valence-electron chi connectivity index (χ0n) is 16.4. The fourth-order valence-electron chi connectivity index (χ4n) is 3.28. The van der Waals surface area contributed by atoms with Gasteiger partial charge in [-0.25, -0.2) is 18.2 Å². The number of rotatable bonds is 6. The second-order valence-electron chi connectivity index (χ2n) is 6.64. The van der Waals surface area contributed by atoms with Crippen LogP contribution in [0.1, 0.15) is 22.5 Å². The molecule has 0 atom stereocenters. The van der Waals surface area contributed by atoms with Crippen molar-refractivity contribution in [1.82, 2.24) is 9.29 Å². The fourth-order valence-corrected chi connectivity index (χ4v) is 6.96. The van der Waals surface area contributed by atoms with Gasteiger partial charge in [0.15, 0.2) is 0 Å². The Labute approximate surface area is 182 Å². The largest absolute Gasteiger partial charge is 0.497 e. The number of carbonyl (C=O) groups is 1. The number of hydrogen-bond donors (Lipinski definition) is 0. The average Bonchev–Trinajstić information content (AvgIpc) is 3.40. The summed E-state index contributed by atoms with van der Waals surface area (Å²) in [4.78, 5) is 16.5. The molecule has 160 valence electrons. The summed E-state index contributed by atoms with van der Waals surface area (Å²) < 4.78 is 44.3. The molecule has 1 aliphatic rings. The molecule has 1 fully saturated rings. The Bertz CT molecular complexity index is 1160. The summed E-state index contributed by atoms with van der Waals surface area (Å²) in [7, 11) is -0.916. The van der Waals surface area contributed by atoms with Crippen LogP contribution in [0.2, 0.25) is 0 Å².